The van der Waals surface area contributed by atoms with Crippen LogP contribution in [-0.2, 0) is 0 Å². The molecule has 68 valence electrons. The van der Waals surface area contributed by atoms with Crippen LogP contribution in [0, 0.1) is 0 Å². The van der Waals surface area contributed by atoms with Gasteiger partial charge in [-0.25, -0.2) is 0 Å². The first kappa shape index (κ1) is 7.34. The number of hydrogen-bond acceptors (Lipinski definition) is 2. The van der Waals surface area contributed by atoms with E-state index >= 15 is 0 Å². The Morgan fingerprint density at radius 2 is 2.00 bits per heavy atom. The van der Waals surface area contributed by atoms with Gasteiger partial charge in [0.05, 0.1) is 0 Å². The molecule has 1 N–H and O–H groups in total. The van der Waals surface area contributed by atoms with Crippen LogP contribution in [0.2, 0.25) is 0 Å². The van der Waals surface area contributed by atoms with E-state index in [1.54, 1.807) is 0 Å². The summed E-state index contributed by atoms with van der Waals surface area (Å²) >= 11 is 0. The minimum atomic E-state index is 0.847. The van der Waals surface area contributed by atoms with Crippen LogP contribution in [0.3, 0.4) is 0 Å². The van der Waals surface area contributed by atoms with Crippen molar-refractivity contribution in [2.24, 2.45) is 0 Å². The molecule has 0 aromatic carbocycles. The Kier molecular flexibility index (Phi) is 1.66. The summed E-state index contributed by atoms with van der Waals surface area (Å²) in [7, 11) is 0. The number of rotatable bonds is 1. The van der Waals surface area contributed by atoms with Gasteiger partial charge in [0.25, 0.3) is 0 Å². The van der Waals surface area contributed by atoms with Gasteiger partial charge in [0.15, 0.2) is 0 Å². The van der Waals surface area contributed by atoms with E-state index in [0.717, 1.165) is 18.1 Å². The van der Waals surface area contributed by atoms with E-state index < -0.39 is 0 Å². The molecule has 1 saturated heterocycles. The van der Waals surface area contributed by atoms with Crippen molar-refractivity contribution in [1.82, 2.24) is 10.2 Å². The van der Waals surface area contributed by atoms with Crippen molar-refractivity contribution in [3.8, 4) is 0 Å². The maximum Gasteiger partial charge on any atom is 0.0252 e. The molecule has 0 bridgehead atoms. The smallest absolute Gasteiger partial charge is 0.0252 e. The van der Waals surface area contributed by atoms with E-state index in [4.69, 9.17) is 0 Å². The predicted octanol–water partition coefficient (Wildman–Crippen LogP) is 0.975. The first-order valence-corrected chi connectivity index (χ1v) is 5.44. The third-order valence-electron chi connectivity index (χ3n) is 3.70. The van der Waals surface area contributed by atoms with E-state index in [0.29, 0.717) is 0 Å². The van der Waals surface area contributed by atoms with Gasteiger partial charge in [-0.15, -0.1) is 0 Å². The molecule has 2 unspecified atom stereocenters. The number of piperazine rings is 1. The van der Waals surface area contributed by atoms with Crippen molar-refractivity contribution in [3.63, 3.8) is 0 Å². The standard InChI is InChI=1S/C10H18N2/c1-2-9-10(3-1)12(7-6-11-9)8-4-5-8/h8-11H,1-7H2. The van der Waals surface area contributed by atoms with Gasteiger partial charge in [-0.2, -0.15) is 0 Å². The first-order valence-electron chi connectivity index (χ1n) is 5.44. The van der Waals surface area contributed by atoms with E-state index in [1.807, 2.05) is 0 Å². The Bertz CT molecular complexity index is 177. The zero-order valence-corrected chi connectivity index (χ0v) is 7.63. The fourth-order valence-corrected chi connectivity index (χ4v) is 2.98. The zero-order chi connectivity index (χ0) is 7.97. The lowest BCUT2D eigenvalue weighted by atomic mass is 10.1. The third kappa shape index (κ3) is 1.09. The van der Waals surface area contributed by atoms with Crippen molar-refractivity contribution in [1.29, 1.82) is 0 Å². The number of nitrogens with zero attached hydrogens (tertiary/aromatic N) is 1. The quantitative estimate of drug-likeness (QED) is 0.624. The van der Waals surface area contributed by atoms with Crippen molar-refractivity contribution < 1.29 is 0 Å². The Labute approximate surface area is 74.3 Å². The van der Waals surface area contributed by atoms with Crippen LogP contribution in [0.1, 0.15) is 32.1 Å². The Hall–Kier alpha value is -0.0800. The maximum atomic E-state index is 3.65. The largest absolute Gasteiger partial charge is 0.311 e. The molecule has 2 aliphatic carbocycles. The molecular weight excluding hydrogens is 148 g/mol. The van der Waals surface area contributed by atoms with Crippen LogP contribution in [0.5, 0.6) is 0 Å². The number of nitrogens with one attached hydrogen (secondary N) is 1. The highest BCUT2D eigenvalue weighted by Gasteiger charge is 2.41. The number of hydrogen-bond donors (Lipinski definition) is 1. The molecule has 3 fully saturated rings. The summed E-state index contributed by atoms with van der Waals surface area (Å²) in [5, 5.41) is 3.65. The van der Waals surface area contributed by atoms with Gasteiger partial charge in [-0.05, 0) is 25.7 Å². The lowest BCUT2D eigenvalue weighted by Gasteiger charge is -2.38. The summed E-state index contributed by atoms with van der Waals surface area (Å²) in [6.07, 6.45) is 7.28. The van der Waals surface area contributed by atoms with Crippen LogP contribution in [0.15, 0.2) is 0 Å². The second-order valence-corrected chi connectivity index (χ2v) is 4.53. The summed E-state index contributed by atoms with van der Waals surface area (Å²) in [6.45, 7) is 2.55. The van der Waals surface area contributed by atoms with Crippen LogP contribution < -0.4 is 5.32 Å². The van der Waals surface area contributed by atoms with Gasteiger partial charge < -0.3 is 5.32 Å². The van der Waals surface area contributed by atoms with E-state index in [9.17, 15) is 0 Å². The molecular formula is C10H18N2. The van der Waals surface area contributed by atoms with Gasteiger partial charge in [-0.3, -0.25) is 4.90 Å². The summed E-state index contributed by atoms with van der Waals surface area (Å²) in [5.74, 6) is 0. The molecule has 0 aromatic rings. The average Bonchev–Trinajstić information content (AvgIpc) is 2.82. The Morgan fingerprint density at radius 1 is 1.08 bits per heavy atom. The van der Waals surface area contributed by atoms with Gasteiger partial charge >= 0.3 is 0 Å². The molecule has 0 aromatic heterocycles. The van der Waals surface area contributed by atoms with Crippen molar-refractivity contribution in [2.75, 3.05) is 13.1 Å². The van der Waals surface area contributed by atoms with Crippen LogP contribution in [0.4, 0.5) is 0 Å². The average molecular weight is 166 g/mol. The van der Waals surface area contributed by atoms with E-state index in [1.165, 1.54) is 45.2 Å². The zero-order valence-electron chi connectivity index (χ0n) is 7.63. The lowest BCUT2D eigenvalue weighted by Crippen LogP contribution is -2.55. The first-order chi connectivity index (χ1) is 5.95. The molecule has 2 heteroatoms. The highest BCUT2D eigenvalue weighted by atomic mass is 15.3. The molecule has 1 aliphatic heterocycles. The van der Waals surface area contributed by atoms with Crippen LogP contribution in [-0.4, -0.2) is 36.1 Å². The summed E-state index contributed by atoms with van der Waals surface area (Å²) < 4.78 is 0. The molecule has 0 spiro atoms. The summed E-state index contributed by atoms with van der Waals surface area (Å²) in [4.78, 5) is 2.79. The minimum Gasteiger partial charge on any atom is -0.311 e. The fourth-order valence-electron chi connectivity index (χ4n) is 2.98. The monoisotopic (exact) mass is 166 g/mol. The summed E-state index contributed by atoms with van der Waals surface area (Å²) in [6, 6.07) is 2.74. The van der Waals surface area contributed by atoms with Gasteiger partial charge in [-0.1, -0.05) is 6.42 Å². The maximum absolute atomic E-state index is 3.65. The molecule has 0 amide bonds. The fraction of sp³-hybridized carbons (Fsp3) is 1.00. The molecule has 1 heterocycles. The highest BCUT2D eigenvalue weighted by Crippen LogP contribution is 2.35. The topological polar surface area (TPSA) is 15.3 Å². The van der Waals surface area contributed by atoms with Crippen LogP contribution >= 0.6 is 0 Å². The predicted molar refractivity (Wildman–Crippen MR) is 49.2 cm³/mol. The molecule has 3 rings (SSSR count). The van der Waals surface area contributed by atoms with E-state index in [-0.39, 0.29) is 0 Å². The van der Waals surface area contributed by atoms with Gasteiger partial charge in [0, 0.05) is 31.2 Å². The van der Waals surface area contributed by atoms with Crippen LogP contribution in [0.25, 0.3) is 0 Å². The number of fused-ring (bicyclic) bond motifs is 1. The summed E-state index contributed by atoms with van der Waals surface area (Å²) in [5.41, 5.74) is 0. The minimum absolute atomic E-state index is 0.847. The van der Waals surface area contributed by atoms with E-state index in [2.05, 4.69) is 10.2 Å². The molecule has 3 aliphatic rings. The van der Waals surface area contributed by atoms with Gasteiger partial charge in [0.2, 0.25) is 0 Å². The van der Waals surface area contributed by atoms with Crippen molar-refractivity contribution in [2.45, 2.75) is 50.2 Å². The Balaban J connectivity index is 1.74. The third-order valence-corrected chi connectivity index (χ3v) is 3.70. The second kappa shape index (κ2) is 2.71. The lowest BCUT2D eigenvalue weighted by molar-refractivity contribution is 0.128. The Morgan fingerprint density at radius 3 is 2.83 bits per heavy atom. The SMILES string of the molecule is C1CC2NCCN(C3CC3)C2C1. The molecule has 2 nitrogen and oxygen atoms in total. The highest BCUT2D eigenvalue weighted by molar-refractivity contribution is 4.99. The van der Waals surface area contributed by atoms with Crippen molar-refractivity contribution in [3.05, 3.63) is 0 Å². The molecule has 2 atom stereocenters. The molecule has 2 saturated carbocycles. The molecule has 12 heavy (non-hydrogen) atoms. The van der Waals surface area contributed by atoms with Crippen molar-refractivity contribution >= 4 is 0 Å². The second-order valence-electron chi connectivity index (χ2n) is 4.53. The molecule has 0 radical (unpaired) electrons. The normalized spacial score (nSPS) is 43.0. The van der Waals surface area contributed by atoms with Gasteiger partial charge in [0.1, 0.15) is 0 Å².